The van der Waals surface area contributed by atoms with E-state index < -0.39 is 0 Å². The summed E-state index contributed by atoms with van der Waals surface area (Å²) in [6.45, 7) is 9.26. The van der Waals surface area contributed by atoms with Crippen molar-refractivity contribution in [1.82, 2.24) is 4.98 Å². The van der Waals surface area contributed by atoms with Gasteiger partial charge in [-0.3, -0.25) is 4.98 Å². The minimum Gasteiger partial charge on any atom is -0.364 e. The van der Waals surface area contributed by atoms with Crippen LogP contribution in [0.1, 0.15) is 11.1 Å². The molecule has 0 aliphatic heterocycles. The van der Waals surface area contributed by atoms with Crippen molar-refractivity contribution in [3.8, 4) is 0 Å². The highest BCUT2D eigenvalue weighted by atomic mass is 15.1. The van der Waals surface area contributed by atoms with E-state index in [2.05, 4.69) is 65.5 Å². The van der Waals surface area contributed by atoms with Crippen molar-refractivity contribution in [3.63, 3.8) is 0 Å². The molecule has 0 saturated heterocycles. The van der Waals surface area contributed by atoms with Gasteiger partial charge in [-0.15, -0.1) is 13.2 Å². The summed E-state index contributed by atoms with van der Waals surface area (Å²) in [6.07, 6.45) is 9.95. The standard InChI is InChI=1S/C23H22N2/c1-3-17-25(18-4-2)21-13-10-19(11-14-21)9-12-20-15-16-24-23-8-6-5-7-22(20)23/h3-16H,1-2,17-18H2/b12-9-. The van der Waals surface area contributed by atoms with E-state index in [1.165, 1.54) is 22.2 Å². The molecule has 0 saturated carbocycles. The number of nitrogens with zero attached hydrogens (tertiary/aromatic N) is 2. The van der Waals surface area contributed by atoms with Gasteiger partial charge in [0.05, 0.1) is 5.52 Å². The van der Waals surface area contributed by atoms with Gasteiger partial charge in [0, 0.05) is 30.4 Å². The Labute approximate surface area is 149 Å². The molecule has 1 aromatic heterocycles. The van der Waals surface area contributed by atoms with E-state index >= 15 is 0 Å². The fourth-order valence-corrected chi connectivity index (χ4v) is 2.84. The number of hydrogen-bond acceptors (Lipinski definition) is 2. The van der Waals surface area contributed by atoms with Crippen molar-refractivity contribution >= 4 is 28.7 Å². The minimum absolute atomic E-state index is 0.810. The average molecular weight is 326 g/mol. The molecule has 0 bridgehead atoms. The number of benzene rings is 2. The third kappa shape index (κ3) is 4.04. The predicted molar refractivity (Wildman–Crippen MR) is 110 cm³/mol. The first kappa shape index (κ1) is 16.7. The summed E-state index contributed by atoms with van der Waals surface area (Å²) >= 11 is 0. The molecule has 2 heteroatoms. The Kier molecular flexibility index (Phi) is 5.43. The Morgan fingerprint density at radius 3 is 2.28 bits per heavy atom. The van der Waals surface area contributed by atoms with Crippen LogP contribution in [0.2, 0.25) is 0 Å². The van der Waals surface area contributed by atoms with Gasteiger partial charge >= 0.3 is 0 Å². The van der Waals surface area contributed by atoms with Crippen LogP contribution in [0.3, 0.4) is 0 Å². The molecule has 3 aromatic rings. The molecule has 0 aliphatic carbocycles. The van der Waals surface area contributed by atoms with Crippen molar-refractivity contribution in [2.75, 3.05) is 18.0 Å². The van der Waals surface area contributed by atoms with Crippen LogP contribution in [-0.2, 0) is 0 Å². The van der Waals surface area contributed by atoms with E-state index in [1.54, 1.807) is 0 Å². The molecular weight excluding hydrogens is 304 g/mol. The van der Waals surface area contributed by atoms with Gasteiger partial charge in [-0.2, -0.15) is 0 Å². The molecule has 124 valence electrons. The van der Waals surface area contributed by atoms with Crippen LogP contribution < -0.4 is 4.90 Å². The van der Waals surface area contributed by atoms with E-state index in [-0.39, 0.29) is 0 Å². The maximum atomic E-state index is 4.41. The lowest BCUT2D eigenvalue weighted by Gasteiger charge is -2.21. The maximum absolute atomic E-state index is 4.41. The largest absolute Gasteiger partial charge is 0.364 e. The highest BCUT2D eigenvalue weighted by Gasteiger charge is 2.02. The van der Waals surface area contributed by atoms with E-state index in [9.17, 15) is 0 Å². The summed E-state index contributed by atoms with van der Waals surface area (Å²) in [4.78, 5) is 6.63. The van der Waals surface area contributed by atoms with Gasteiger partial charge in [0.25, 0.3) is 0 Å². The molecule has 1 heterocycles. The van der Waals surface area contributed by atoms with E-state index in [4.69, 9.17) is 0 Å². The number of pyridine rings is 1. The first-order valence-corrected chi connectivity index (χ1v) is 8.40. The summed E-state index contributed by atoms with van der Waals surface area (Å²) in [6, 6.07) is 18.8. The highest BCUT2D eigenvalue weighted by Crippen LogP contribution is 2.20. The number of rotatable bonds is 7. The second-order valence-corrected chi connectivity index (χ2v) is 5.82. The van der Waals surface area contributed by atoms with Crippen LogP contribution in [0.15, 0.2) is 86.1 Å². The Hall–Kier alpha value is -3.13. The first-order valence-electron chi connectivity index (χ1n) is 8.40. The molecule has 3 rings (SSSR count). The lowest BCUT2D eigenvalue weighted by molar-refractivity contribution is 0.957. The van der Waals surface area contributed by atoms with Gasteiger partial charge < -0.3 is 4.90 Å². The molecule has 2 aromatic carbocycles. The van der Waals surface area contributed by atoms with Crippen LogP contribution in [0.5, 0.6) is 0 Å². The Morgan fingerprint density at radius 2 is 1.56 bits per heavy atom. The van der Waals surface area contributed by atoms with Crippen molar-refractivity contribution in [1.29, 1.82) is 0 Å². The predicted octanol–water partition coefficient (Wildman–Crippen LogP) is 5.58. The summed E-state index contributed by atoms with van der Waals surface area (Å²) in [5.41, 5.74) is 4.53. The monoisotopic (exact) mass is 326 g/mol. The zero-order valence-corrected chi connectivity index (χ0v) is 14.3. The molecule has 0 atom stereocenters. The number of hydrogen-bond donors (Lipinski definition) is 0. The van der Waals surface area contributed by atoms with Gasteiger partial charge in [-0.25, -0.2) is 0 Å². The smallest absolute Gasteiger partial charge is 0.0707 e. The summed E-state index contributed by atoms with van der Waals surface area (Å²) in [7, 11) is 0. The average Bonchev–Trinajstić information content (AvgIpc) is 2.66. The SMILES string of the molecule is C=CCN(CC=C)c1ccc(/C=C\c2ccnc3ccccc23)cc1. The van der Waals surface area contributed by atoms with Crippen LogP contribution in [-0.4, -0.2) is 18.1 Å². The van der Waals surface area contributed by atoms with Crippen LogP contribution in [0, 0.1) is 0 Å². The zero-order valence-electron chi connectivity index (χ0n) is 14.3. The lowest BCUT2D eigenvalue weighted by atomic mass is 10.1. The zero-order chi connectivity index (χ0) is 17.5. The molecule has 25 heavy (non-hydrogen) atoms. The molecule has 0 N–H and O–H groups in total. The Morgan fingerprint density at radius 1 is 0.840 bits per heavy atom. The summed E-state index contributed by atoms with van der Waals surface area (Å²) in [5, 5.41) is 1.17. The van der Waals surface area contributed by atoms with Gasteiger partial charge in [-0.05, 0) is 35.4 Å². The van der Waals surface area contributed by atoms with Crippen LogP contribution >= 0.6 is 0 Å². The normalized spacial score (nSPS) is 10.9. The van der Waals surface area contributed by atoms with E-state index in [0.29, 0.717) is 0 Å². The Balaban J connectivity index is 1.82. The first-order chi connectivity index (χ1) is 12.3. The second kappa shape index (κ2) is 8.11. The molecule has 0 amide bonds. The minimum atomic E-state index is 0.810. The topological polar surface area (TPSA) is 16.1 Å². The summed E-state index contributed by atoms with van der Waals surface area (Å²) in [5.74, 6) is 0. The van der Waals surface area contributed by atoms with Crippen molar-refractivity contribution in [2.45, 2.75) is 0 Å². The molecule has 0 fully saturated rings. The summed E-state index contributed by atoms with van der Waals surface area (Å²) < 4.78 is 0. The van der Waals surface area contributed by atoms with Crippen molar-refractivity contribution in [2.24, 2.45) is 0 Å². The second-order valence-electron chi connectivity index (χ2n) is 5.82. The van der Waals surface area contributed by atoms with Gasteiger partial charge in [0.2, 0.25) is 0 Å². The van der Waals surface area contributed by atoms with Crippen LogP contribution in [0.4, 0.5) is 5.69 Å². The van der Waals surface area contributed by atoms with Gasteiger partial charge in [-0.1, -0.05) is 54.6 Å². The van der Waals surface area contributed by atoms with Crippen molar-refractivity contribution < 1.29 is 0 Å². The van der Waals surface area contributed by atoms with Crippen LogP contribution in [0.25, 0.3) is 23.1 Å². The quantitative estimate of drug-likeness (QED) is 0.527. The van der Waals surface area contributed by atoms with Gasteiger partial charge in [0.1, 0.15) is 0 Å². The van der Waals surface area contributed by atoms with Gasteiger partial charge in [0.15, 0.2) is 0 Å². The number of fused-ring (bicyclic) bond motifs is 1. The molecule has 0 radical (unpaired) electrons. The molecule has 0 aliphatic rings. The van der Waals surface area contributed by atoms with E-state index in [0.717, 1.165) is 18.6 Å². The van der Waals surface area contributed by atoms with E-state index in [1.807, 2.05) is 42.6 Å². The lowest BCUT2D eigenvalue weighted by Crippen LogP contribution is -2.22. The van der Waals surface area contributed by atoms with Crippen molar-refractivity contribution in [3.05, 3.63) is 97.2 Å². The number of aromatic nitrogens is 1. The third-order valence-corrected chi connectivity index (χ3v) is 4.10. The fraction of sp³-hybridized carbons (Fsp3) is 0.0870. The third-order valence-electron chi connectivity index (χ3n) is 4.10. The molecule has 0 unspecified atom stereocenters. The molecule has 0 spiro atoms. The number of anilines is 1. The molecule has 2 nitrogen and oxygen atoms in total. The fourth-order valence-electron chi connectivity index (χ4n) is 2.84. The maximum Gasteiger partial charge on any atom is 0.0707 e. The Bertz CT molecular complexity index is 876. The molecular formula is C23H22N2. The highest BCUT2D eigenvalue weighted by molar-refractivity contribution is 5.90. The number of para-hydroxylation sites is 1.